The maximum Gasteiger partial charge on any atom is 0.318 e. The van der Waals surface area contributed by atoms with Crippen LogP contribution in [0.2, 0.25) is 0 Å². The molecule has 0 amide bonds. The second kappa shape index (κ2) is 2.75. The van der Waals surface area contributed by atoms with Crippen LogP contribution in [0.15, 0.2) is 4.42 Å². The van der Waals surface area contributed by atoms with Crippen molar-refractivity contribution in [3.8, 4) is 0 Å². The zero-order chi connectivity index (χ0) is 8.55. The third-order valence-corrected chi connectivity index (χ3v) is 2.03. The molecule has 66 valence electrons. The lowest BCUT2D eigenvalue weighted by Gasteiger charge is -2.10. The minimum Gasteiger partial charge on any atom is -0.407 e. The Kier molecular flexibility index (Phi) is 1.73. The van der Waals surface area contributed by atoms with Crippen molar-refractivity contribution in [2.75, 3.05) is 11.9 Å². The first-order valence-electron chi connectivity index (χ1n) is 4.06. The van der Waals surface area contributed by atoms with Crippen LogP contribution in [0.25, 0.3) is 0 Å². The van der Waals surface area contributed by atoms with Crippen molar-refractivity contribution in [3.63, 3.8) is 0 Å². The molecule has 1 aliphatic rings. The molecule has 0 spiro atoms. The molecule has 0 bridgehead atoms. The van der Waals surface area contributed by atoms with Crippen LogP contribution in [0.4, 0.5) is 6.01 Å². The molecule has 5 nitrogen and oxygen atoms in total. The highest BCUT2D eigenvalue weighted by Crippen LogP contribution is 2.28. The van der Waals surface area contributed by atoms with Crippen LogP contribution in [0, 0.1) is 0 Å². The lowest BCUT2D eigenvalue weighted by Crippen LogP contribution is -2.19. The number of nitrogens with two attached hydrogens (primary N) is 1. The average molecular weight is 168 g/mol. The molecule has 0 radical (unpaired) electrons. The normalized spacial score (nSPS) is 16.5. The van der Waals surface area contributed by atoms with Gasteiger partial charge < -0.3 is 15.1 Å². The molecule has 12 heavy (non-hydrogen) atoms. The maximum absolute atomic E-state index is 5.34. The molecule has 0 saturated heterocycles. The molecule has 1 aromatic heterocycles. The molecular weight excluding hydrogens is 156 g/mol. The van der Waals surface area contributed by atoms with E-state index in [1.165, 1.54) is 12.8 Å². The van der Waals surface area contributed by atoms with Crippen LogP contribution in [0.5, 0.6) is 0 Å². The van der Waals surface area contributed by atoms with Crippen LogP contribution < -0.4 is 10.6 Å². The van der Waals surface area contributed by atoms with Gasteiger partial charge in [0.1, 0.15) is 0 Å². The molecule has 1 aliphatic carbocycles. The van der Waals surface area contributed by atoms with Crippen molar-refractivity contribution in [2.45, 2.75) is 25.4 Å². The SMILES string of the molecule is CN(c1nnc(CN)o1)C1CC1. The highest BCUT2D eigenvalue weighted by Gasteiger charge is 2.29. The van der Waals surface area contributed by atoms with Gasteiger partial charge >= 0.3 is 6.01 Å². The zero-order valence-electron chi connectivity index (χ0n) is 7.03. The number of rotatable bonds is 3. The number of nitrogens with zero attached hydrogens (tertiary/aromatic N) is 3. The zero-order valence-corrected chi connectivity index (χ0v) is 7.03. The average Bonchev–Trinajstić information content (AvgIpc) is 2.82. The molecule has 0 aliphatic heterocycles. The van der Waals surface area contributed by atoms with Gasteiger partial charge in [0.25, 0.3) is 0 Å². The van der Waals surface area contributed by atoms with E-state index in [4.69, 9.17) is 10.2 Å². The van der Waals surface area contributed by atoms with E-state index in [0.29, 0.717) is 24.5 Å². The van der Waals surface area contributed by atoms with Crippen molar-refractivity contribution in [1.82, 2.24) is 10.2 Å². The summed E-state index contributed by atoms with van der Waals surface area (Å²) >= 11 is 0. The maximum atomic E-state index is 5.34. The number of hydrogen-bond acceptors (Lipinski definition) is 5. The molecule has 2 rings (SSSR count). The lowest BCUT2D eigenvalue weighted by atomic mass is 10.6. The van der Waals surface area contributed by atoms with E-state index in [-0.39, 0.29) is 0 Å². The summed E-state index contributed by atoms with van der Waals surface area (Å²) in [6.07, 6.45) is 2.44. The molecule has 5 heteroatoms. The van der Waals surface area contributed by atoms with Crippen LogP contribution >= 0.6 is 0 Å². The fourth-order valence-corrected chi connectivity index (χ4v) is 1.09. The Bertz CT molecular complexity index is 268. The first-order chi connectivity index (χ1) is 5.81. The van der Waals surface area contributed by atoms with Gasteiger partial charge in [0.2, 0.25) is 5.89 Å². The van der Waals surface area contributed by atoms with Gasteiger partial charge in [0.15, 0.2) is 0 Å². The summed E-state index contributed by atoms with van der Waals surface area (Å²) in [5, 5.41) is 7.66. The molecule has 2 N–H and O–H groups in total. The topological polar surface area (TPSA) is 68.2 Å². The Hall–Kier alpha value is -1.10. The predicted octanol–water partition coefficient (Wildman–Crippen LogP) is 0.127. The lowest BCUT2D eigenvalue weighted by molar-refractivity contribution is 0.490. The van der Waals surface area contributed by atoms with E-state index in [9.17, 15) is 0 Å². The third kappa shape index (κ3) is 1.27. The van der Waals surface area contributed by atoms with E-state index < -0.39 is 0 Å². The molecule has 1 heterocycles. The molecule has 0 unspecified atom stereocenters. The summed E-state index contributed by atoms with van der Waals surface area (Å²) < 4.78 is 5.27. The Balaban J connectivity index is 2.10. The van der Waals surface area contributed by atoms with Crippen molar-refractivity contribution in [2.24, 2.45) is 5.73 Å². The summed E-state index contributed by atoms with van der Waals surface area (Å²) in [4.78, 5) is 2.01. The summed E-state index contributed by atoms with van der Waals surface area (Å²) in [5.74, 6) is 0.498. The largest absolute Gasteiger partial charge is 0.407 e. The summed E-state index contributed by atoms with van der Waals surface area (Å²) in [5.41, 5.74) is 5.34. The fourth-order valence-electron chi connectivity index (χ4n) is 1.09. The van der Waals surface area contributed by atoms with Gasteiger partial charge in [-0.15, -0.1) is 5.10 Å². The van der Waals surface area contributed by atoms with Gasteiger partial charge in [-0.25, -0.2) is 0 Å². The number of aromatic nitrogens is 2. The Morgan fingerprint density at radius 1 is 1.58 bits per heavy atom. The van der Waals surface area contributed by atoms with E-state index in [0.717, 1.165) is 0 Å². The van der Waals surface area contributed by atoms with E-state index >= 15 is 0 Å². The van der Waals surface area contributed by atoms with Gasteiger partial charge in [-0.05, 0) is 12.8 Å². The predicted molar refractivity (Wildman–Crippen MR) is 43.6 cm³/mol. The summed E-state index contributed by atoms with van der Waals surface area (Å²) in [6, 6.07) is 1.18. The van der Waals surface area contributed by atoms with Gasteiger partial charge in [0, 0.05) is 13.1 Å². The monoisotopic (exact) mass is 168 g/mol. The van der Waals surface area contributed by atoms with Crippen molar-refractivity contribution < 1.29 is 4.42 Å². The van der Waals surface area contributed by atoms with Crippen LogP contribution in [-0.2, 0) is 6.54 Å². The Morgan fingerprint density at radius 3 is 2.83 bits per heavy atom. The molecule has 0 atom stereocenters. The first kappa shape index (κ1) is 7.54. The van der Waals surface area contributed by atoms with E-state index in [1.54, 1.807) is 0 Å². The smallest absolute Gasteiger partial charge is 0.318 e. The highest BCUT2D eigenvalue weighted by atomic mass is 16.4. The molecule has 1 saturated carbocycles. The van der Waals surface area contributed by atoms with Gasteiger partial charge in [0.05, 0.1) is 6.54 Å². The first-order valence-corrected chi connectivity index (χ1v) is 4.06. The van der Waals surface area contributed by atoms with Gasteiger partial charge in [-0.2, -0.15) is 0 Å². The van der Waals surface area contributed by atoms with E-state index in [2.05, 4.69) is 10.2 Å². The second-order valence-electron chi connectivity index (χ2n) is 3.02. The van der Waals surface area contributed by atoms with E-state index in [1.807, 2.05) is 11.9 Å². The second-order valence-corrected chi connectivity index (χ2v) is 3.02. The molecular formula is C7H12N4O. The van der Waals surface area contributed by atoms with Gasteiger partial charge in [-0.1, -0.05) is 5.10 Å². The molecule has 0 aromatic carbocycles. The molecule has 1 fully saturated rings. The van der Waals surface area contributed by atoms with Crippen molar-refractivity contribution >= 4 is 6.01 Å². The van der Waals surface area contributed by atoms with Crippen molar-refractivity contribution in [3.05, 3.63) is 5.89 Å². The van der Waals surface area contributed by atoms with Gasteiger partial charge in [-0.3, -0.25) is 0 Å². The number of hydrogen-bond donors (Lipinski definition) is 1. The highest BCUT2D eigenvalue weighted by molar-refractivity contribution is 5.27. The Morgan fingerprint density at radius 2 is 2.33 bits per heavy atom. The quantitative estimate of drug-likeness (QED) is 0.694. The third-order valence-electron chi connectivity index (χ3n) is 2.03. The minimum absolute atomic E-state index is 0.311. The summed E-state index contributed by atoms with van der Waals surface area (Å²) in [6.45, 7) is 0.311. The van der Waals surface area contributed by atoms with Crippen LogP contribution in [-0.4, -0.2) is 23.3 Å². The standard InChI is InChI=1S/C7H12N4O/c1-11(5-2-3-5)7-10-9-6(4-8)12-7/h5H,2-4,8H2,1H3. The molecule has 1 aromatic rings. The number of anilines is 1. The minimum atomic E-state index is 0.311. The summed E-state index contributed by atoms with van der Waals surface area (Å²) in [7, 11) is 1.96. The fraction of sp³-hybridized carbons (Fsp3) is 0.714. The van der Waals surface area contributed by atoms with Crippen LogP contribution in [0.3, 0.4) is 0 Å². The van der Waals surface area contributed by atoms with Crippen molar-refractivity contribution in [1.29, 1.82) is 0 Å². The van der Waals surface area contributed by atoms with Crippen LogP contribution in [0.1, 0.15) is 18.7 Å². The Labute approximate surface area is 70.6 Å².